The van der Waals surface area contributed by atoms with Gasteiger partial charge in [-0.2, -0.15) is 0 Å². The molecule has 0 aromatic heterocycles. The number of aliphatic hydroxyl groups is 1. The Bertz CT molecular complexity index is 636. The fourth-order valence-electron chi connectivity index (χ4n) is 7.30. The summed E-state index contributed by atoms with van der Waals surface area (Å²) in [4.78, 5) is 23.9. The zero-order valence-electron chi connectivity index (χ0n) is 16.1. The van der Waals surface area contributed by atoms with Gasteiger partial charge in [0.1, 0.15) is 11.9 Å². The van der Waals surface area contributed by atoms with Crippen molar-refractivity contribution >= 4 is 23.4 Å². The smallest absolute Gasteiger partial charge is 0.302 e. The van der Waals surface area contributed by atoms with E-state index in [1.807, 2.05) is 0 Å². The highest BCUT2D eigenvalue weighted by molar-refractivity contribution is 6.21. The summed E-state index contributed by atoms with van der Waals surface area (Å²) in [7, 11) is 0. The Morgan fingerprint density at radius 1 is 1.19 bits per heavy atom. The zero-order valence-corrected chi connectivity index (χ0v) is 16.8. The van der Waals surface area contributed by atoms with Gasteiger partial charge >= 0.3 is 5.97 Å². The Kier molecular flexibility index (Phi) is 4.28. The predicted octanol–water partition coefficient (Wildman–Crippen LogP) is 3.86. The van der Waals surface area contributed by atoms with Crippen molar-refractivity contribution in [3.8, 4) is 0 Å². The summed E-state index contributed by atoms with van der Waals surface area (Å²) in [6.07, 6.45) is 6.16. The molecule has 5 heteroatoms. The van der Waals surface area contributed by atoms with E-state index in [-0.39, 0.29) is 28.3 Å². The van der Waals surface area contributed by atoms with Crippen LogP contribution < -0.4 is 0 Å². The first-order valence-electron chi connectivity index (χ1n) is 10.2. The van der Waals surface area contributed by atoms with Crippen LogP contribution in [0.4, 0.5) is 0 Å². The molecule has 26 heavy (non-hydrogen) atoms. The molecule has 4 aliphatic carbocycles. The highest BCUT2D eigenvalue weighted by Gasteiger charge is 2.67. The molecule has 0 aromatic rings. The summed E-state index contributed by atoms with van der Waals surface area (Å²) < 4.78 is 5.43. The number of esters is 1. The van der Waals surface area contributed by atoms with Crippen molar-refractivity contribution in [3.05, 3.63) is 0 Å². The second kappa shape index (κ2) is 5.94. The molecule has 4 fully saturated rings. The lowest BCUT2D eigenvalue weighted by atomic mass is 9.43. The SMILES string of the molecule is CC(=O)O[C@@H]1CC[C@@]2(C)[C@@H]3CC[C@]4(C)C(=O)CC[C@@H]4[C@@H]3C[C@@H](Cl)[C@]2(O)C1. The van der Waals surface area contributed by atoms with Crippen molar-refractivity contribution in [2.75, 3.05) is 0 Å². The third kappa shape index (κ3) is 2.37. The Morgan fingerprint density at radius 3 is 2.62 bits per heavy atom. The highest BCUT2D eigenvalue weighted by atomic mass is 35.5. The van der Waals surface area contributed by atoms with Gasteiger partial charge in [-0.1, -0.05) is 13.8 Å². The van der Waals surface area contributed by atoms with Crippen molar-refractivity contribution < 1.29 is 19.4 Å². The van der Waals surface area contributed by atoms with E-state index in [2.05, 4.69) is 13.8 Å². The van der Waals surface area contributed by atoms with Crippen LogP contribution in [0.3, 0.4) is 0 Å². The number of alkyl halides is 1. The first kappa shape index (κ1) is 18.7. The molecule has 0 amide bonds. The molecule has 1 N–H and O–H groups in total. The van der Waals surface area contributed by atoms with Crippen LogP contribution in [0.15, 0.2) is 0 Å². The van der Waals surface area contributed by atoms with Crippen LogP contribution >= 0.6 is 11.6 Å². The highest BCUT2D eigenvalue weighted by Crippen LogP contribution is 2.67. The quantitative estimate of drug-likeness (QED) is 0.552. The van der Waals surface area contributed by atoms with Gasteiger partial charge < -0.3 is 9.84 Å². The van der Waals surface area contributed by atoms with Crippen LogP contribution in [-0.4, -0.2) is 33.9 Å². The number of fused-ring (bicyclic) bond motifs is 5. The van der Waals surface area contributed by atoms with E-state index >= 15 is 0 Å². The molecule has 0 aromatic carbocycles. The molecule has 0 unspecified atom stereocenters. The molecule has 0 heterocycles. The molecule has 0 spiro atoms. The number of Topliss-reactive ketones (excluding diaryl/α,β-unsaturated/α-hetero) is 1. The van der Waals surface area contributed by atoms with Crippen molar-refractivity contribution in [3.63, 3.8) is 0 Å². The van der Waals surface area contributed by atoms with E-state index in [0.717, 1.165) is 38.5 Å². The number of rotatable bonds is 1. The summed E-state index contributed by atoms with van der Waals surface area (Å²) in [5.41, 5.74) is -1.46. The number of halogens is 1. The van der Waals surface area contributed by atoms with E-state index in [0.29, 0.717) is 36.4 Å². The second-order valence-corrected chi connectivity index (χ2v) is 10.3. The maximum atomic E-state index is 12.5. The Hall–Kier alpha value is -0.610. The number of ketones is 1. The molecular weight excluding hydrogens is 352 g/mol. The zero-order chi connectivity index (χ0) is 18.9. The molecular formula is C21H31ClO4. The van der Waals surface area contributed by atoms with Gasteiger partial charge in [-0.05, 0) is 56.3 Å². The average Bonchev–Trinajstić information content (AvgIpc) is 2.86. The van der Waals surface area contributed by atoms with Gasteiger partial charge in [-0.3, -0.25) is 9.59 Å². The predicted molar refractivity (Wildman–Crippen MR) is 98.8 cm³/mol. The van der Waals surface area contributed by atoms with Gasteiger partial charge in [0.25, 0.3) is 0 Å². The minimum Gasteiger partial charge on any atom is -0.462 e. The van der Waals surface area contributed by atoms with Crippen LogP contribution in [0.5, 0.6) is 0 Å². The Labute approximate surface area is 161 Å². The number of hydrogen-bond donors (Lipinski definition) is 1. The average molecular weight is 383 g/mol. The first-order valence-corrected chi connectivity index (χ1v) is 10.6. The molecule has 4 saturated carbocycles. The summed E-state index contributed by atoms with van der Waals surface area (Å²) in [5, 5.41) is 11.4. The van der Waals surface area contributed by atoms with Crippen molar-refractivity contribution in [2.45, 2.75) is 89.2 Å². The molecule has 4 aliphatic rings. The minimum atomic E-state index is -1.01. The van der Waals surface area contributed by atoms with E-state index in [9.17, 15) is 14.7 Å². The third-order valence-electron chi connectivity index (χ3n) is 8.81. The summed E-state index contributed by atoms with van der Waals surface area (Å²) in [6, 6.07) is 0. The summed E-state index contributed by atoms with van der Waals surface area (Å²) in [5.74, 6) is 1.35. The lowest BCUT2D eigenvalue weighted by Crippen LogP contribution is -2.67. The minimum absolute atomic E-state index is 0.182. The van der Waals surface area contributed by atoms with Crippen LogP contribution in [-0.2, 0) is 14.3 Å². The first-order chi connectivity index (χ1) is 12.1. The maximum Gasteiger partial charge on any atom is 0.302 e. The molecule has 0 bridgehead atoms. The summed E-state index contributed by atoms with van der Waals surface area (Å²) in [6.45, 7) is 5.78. The van der Waals surface area contributed by atoms with Gasteiger partial charge in [0.2, 0.25) is 0 Å². The number of hydrogen-bond acceptors (Lipinski definition) is 4. The topological polar surface area (TPSA) is 63.6 Å². The fraction of sp³-hybridized carbons (Fsp3) is 0.905. The monoisotopic (exact) mass is 382 g/mol. The standard InChI is InChI=1S/C21H31ClO4/c1-12(23)26-13-6-9-20(3)16-7-8-19(2)15(4-5-18(19)24)14(16)10-17(22)21(20,25)11-13/h13-17,25H,4-11H2,1-3H3/t13-,14+,15-,16-,17-,19+,20+,21-/m1/s1. The molecule has 8 atom stereocenters. The molecule has 4 rings (SSSR count). The molecule has 0 saturated heterocycles. The van der Waals surface area contributed by atoms with Gasteiger partial charge in [0.15, 0.2) is 0 Å². The van der Waals surface area contributed by atoms with Crippen LogP contribution in [0.1, 0.15) is 72.1 Å². The van der Waals surface area contributed by atoms with Crippen LogP contribution in [0, 0.1) is 28.6 Å². The maximum absolute atomic E-state index is 12.5. The van der Waals surface area contributed by atoms with Crippen molar-refractivity contribution in [2.24, 2.45) is 28.6 Å². The number of carbonyl (C=O) groups excluding carboxylic acids is 2. The lowest BCUT2D eigenvalue weighted by Gasteiger charge is -2.64. The van der Waals surface area contributed by atoms with Gasteiger partial charge in [-0.25, -0.2) is 0 Å². The van der Waals surface area contributed by atoms with Gasteiger partial charge in [0, 0.05) is 30.6 Å². The fourth-order valence-corrected chi connectivity index (χ4v) is 7.84. The Morgan fingerprint density at radius 2 is 1.92 bits per heavy atom. The lowest BCUT2D eigenvalue weighted by molar-refractivity contribution is -0.219. The number of ether oxygens (including phenoxy) is 1. The van der Waals surface area contributed by atoms with Gasteiger partial charge in [0.05, 0.1) is 11.0 Å². The van der Waals surface area contributed by atoms with Crippen molar-refractivity contribution in [1.29, 1.82) is 0 Å². The van der Waals surface area contributed by atoms with Gasteiger partial charge in [-0.15, -0.1) is 11.6 Å². The molecule has 0 aliphatic heterocycles. The second-order valence-electron chi connectivity index (χ2n) is 9.81. The van der Waals surface area contributed by atoms with Crippen LogP contribution in [0.25, 0.3) is 0 Å². The van der Waals surface area contributed by atoms with E-state index < -0.39 is 5.60 Å². The van der Waals surface area contributed by atoms with Crippen LogP contribution in [0.2, 0.25) is 0 Å². The third-order valence-corrected chi connectivity index (χ3v) is 9.35. The van der Waals surface area contributed by atoms with E-state index in [1.165, 1.54) is 6.92 Å². The van der Waals surface area contributed by atoms with E-state index in [4.69, 9.17) is 16.3 Å². The summed E-state index contributed by atoms with van der Waals surface area (Å²) >= 11 is 6.84. The van der Waals surface area contributed by atoms with Crippen molar-refractivity contribution in [1.82, 2.24) is 0 Å². The molecule has 4 nitrogen and oxygen atoms in total. The Balaban J connectivity index is 1.65. The largest absolute Gasteiger partial charge is 0.462 e. The van der Waals surface area contributed by atoms with E-state index in [1.54, 1.807) is 0 Å². The molecule has 0 radical (unpaired) electrons. The normalized spacial score (nSPS) is 53.4. The number of carbonyl (C=O) groups is 2. The molecule has 146 valence electrons.